The van der Waals surface area contributed by atoms with Crippen LogP contribution in [0.15, 0.2) is 23.1 Å². The molecule has 152 valence electrons. The van der Waals surface area contributed by atoms with Crippen LogP contribution in [0, 0.1) is 5.92 Å². The molecule has 6 nitrogen and oxygen atoms in total. The molecule has 1 saturated carbocycles. The van der Waals surface area contributed by atoms with Gasteiger partial charge in [0.15, 0.2) is 5.69 Å². The third-order valence-corrected chi connectivity index (χ3v) is 6.86. The largest absolute Gasteiger partial charge is 0.393 e. The van der Waals surface area contributed by atoms with E-state index in [0.717, 1.165) is 4.57 Å². The van der Waals surface area contributed by atoms with Gasteiger partial charge in [0.1, 0.15) is 10.0 Å². The van der Waals surface area contributed by atoms with E-state index in [-0.39, 0.29) is 16.5 Å². The summed E-state index contributed by atoms with van der Waals surface area (Å²) in [5.41, 5.74) is -0.647. The quantitative estimate of drug-likeness (QED) is 0.662. The molecule has 1 N–H and O–H groups in total. The highest BCUT2D eigenvalue weighted by molar-refractivity contribution is 7.90. The van der Waals surface area contributed by atoms with Crippen molar-refractivity contribution < 1.29 is 26.4 Å². The van der Waals surface area contributed by atoms with Gasteiger partial charge in [-0.05, 0) is 30.2 Å². The van der Waals surface area contributed by atoms with E-state index in [1.807, 2.05) is 0 Å². The summed E-state index contributed by atoms with van der Waals surface area (Å²) in [6.45, 7) is 0. The standard InChI is InChI=1S/C14H8Cl4F3N3O3S/c15-6-2-1-3-7(16)10(6)28(26,27)23-12(25)9-11(17)24(13(18)22-9)8-4-5(8)14(19,20)21/h1-3,5,8H,4H2,(H,23,25). The van der Waals surface area contributed by atoms with E-state index in [2.05, 4.69) is 4.98 Å². The Kier molecular flexibility index (Phi) is 5.56. The molecule has 28 heavy (non-hydrogen) atoms. The molecule has 1 aliphatic rings. The zero-order valence-electron chi connectivity index (χ0n) is 13.3. The van der Waals surface area contributed by atoms with Crippen LogP contribution >= 0.6 is 46.4 Å². The second-order valence-electron chi connectivity index (χ2n) is 5.83. The molecule has 1 aromatic carbocycles. The van der Waals surface area contributed by atoms with Gasteiger partial charge in [-0.1, -0.05) is 40.9 Å². The lowest BCUT2D eigenvalue weighted by molar-refractivity contribution is -0.150. The predicted octanol–water partition coefficient (Wildman–Crippen LogP) is 4.74. The van der Waals surface area contributed by atoms with Gasteiger partial charge in [0.2, 0.25) is 5.28 Å². The zero-order chi connectivity index (χ0) is 21.0. The average Bonchev–Trinajstić information content (AvgIpc) is 3.26. The number of halogens is 7. The van der Waals surface area contributed by atoms with Crippen molar-refractivity contribution in [3.05, 3.63) is 44.4 Å². The van der Waals surface area contributed by atoms with Gasteiger partial charge in [0.05, 0.1) is 16.0 Å². The molecule has 1 aromatic heterocycles. The maximum atomic E-state index is 12.8. The summed E-state index contributed by atoms with van der Waals surface area (Å²) >= 11 is 23.4. The van der Waals surface area contributed by atoms with Crippen LogP contribution in [0.25, 0.3) is 0 Å². The molecule has 1 aliphatic carbocycles. The van der Waals surface area contributed by atoms with E-state index in [4.69, 9.17) is 46.4 Å². The van der Waals surface area contributed by atoms with Crippen LogP contribution in [0.2, 0.25) is 20.5 Å². The highest BCUT2D eigenvalue weighted by Gasteiger charge is 2.58. The molecule has 14 heteroatoms. The molecule has 0 aliphatic heterocycles. The lowest BCUT2D eigenvalue weighted by atomic mass is 10.4. The Morgan fingerprint density at radius 2 is 1.75 bits per heavy atom. The van der Waals surface area contributed by atoms with Crippen LogP contribution in [0.1, 0.15) is 23.0 Å². The number of alkyl halides is 3. The Bertz CT molecular complexity index is 1050. The highest BCUT2D eigenvalue weighted by Crippen LogP contribution is 2.55. The number of nitrogens with one attached hydrogen (secondary N) is 1. The number of rotatable bonds is 4. The molecular weight excluding hydrogens is 489 g/mol. The summed E-state index contributed by atoms with van der Waals surface area (Å²) in [7, 11) is -4.52. The van der Waals surface area contributed by atoms with Crippen molar-refractivity contribution in [1.82, 2.24) is 14.3 Å². The van der Waals surface area contributed by atoms with Gasteiger partial charge in [0, 0.05) is 6.04 Å². The first-order valence-corrected chi connectivity index (χ1v) is 10.3. The number of hydrogen-bond donors (Lipinski definition) is 1. The van der Waals surface area contributed by atoms with Gasteiger partial charge < -0.3 is 4.57 Å². The normalized spacial score (nSPS) is 19.5. The Morgan fingerprint density at radius 1 is 1.18 bits per heavy atom. The van der Waals surface area contributed by atoms with Gasteiger partial charge in [0.25, 0.3) is 15.9 Å². The number of sulfonamides is 1. The minimum atomic E-state index is -4.52. The summed E-state index contributed by atoms with van der Waals surface area (Å²) < 4.78 is 65.7. The molecule has 1 amide bonds. The molecule has 2 unspecified atom stereocenters. The van der Waals surface area contributed by atoms with Crippen molar-refractivity contribution in [3.8, 4) is 0 Å². The highest BCUT2D eigenvalue weighted by atomic mass is 35.5. The molecule has 3 rings (SSSR count). The first-order valence-electron chi connectivity index (χ1n) is 7.35. The van der Waals surface area contributed by atoms with Gasteiger partial charge in [-0.25, -0.2) is 18.1 Å². The van der Waals surface area contributed by atoms with E-state index in [9.17, 15) is 26.4 Å². The second-order valence-corrected chi connectivity index (χ2v) is 8.96. The van der Waals surface area contributed by atoms with Crippen molar-refractivity contribution in [1.29, 1.82) is 0 Å². The van der Waals surface area contributed by atoms with Crippen molar-refractivity contribution in [2.24, 2.45) is 5.92 Å². The number of carbonyl (C=O) groups is 1. The number of hydrogen-bond acceptors (Lipinski definition) is 4. The molecule has 2 aromatic rings. The molecule has 1 fully saturated rings. The average molecular weight is 497 g/mol. The third kappa shape index (κ3) is 3.93. The summed E-state index contributed by atoms with van der Waals surface area (Å²) in [5.74, 6) is -2.98. The van der Waals surface area contributed by atoms with Crippen LogP contribution in [0.3, 0.4) is 0 Å². The first-order chi connectivity index (χ1) is 12.8. The molecule has 0 bridgehead atoms. The summed E-state index contributed by atoms with van der Waals surface area (Å²) in [6.07, 6.45) is -4.75. The Balaban J connectivity index is 1.90. The number of benzene rings is 1. The smallest absolute Gasteiger partial charge is 0.301 e. The van der Waals surface area contributed by atoms with E-state index in [1.54, 1.807) is 4.72 Å². The van der Waals surface area contributed by atoms with Crippen LogP contribution in [-0.4, -0.2) is 30.1 Å². The second kappa shape index (κ2) is 7.24. The number of aromatic nitrogens is 2. The fraction of sp³-hybridized carbons (Fsp3) is 0.286. The number of carbonyl (C=O) groups excluding carboxylic acids is 1. The first kappa shape index (κ1) is 21.5. The topological polar surface area (TPSA) is 81.1 Å². The van der Waals surface area contributed by atoms with E-state index < -0.39 is 55.1 Å². The number of nitrogens with zero attached hydrogens (tertiary/aromatic N) is 2. The summed E-state index contributed by atoms with van der Waals surface area (Å²) in [6, 6.07) is 2.77. The molecule has 1 heterocycles. The number of imidazole rings is 1. The summed E-state index contributed by atoms with van der Waals surface area (Å²) in [4.78, 5) is 15.4. The Morgan fingerprint density at radius 3 is 2.25 bits per heavy atom. The molecule has 0 saturated heterocycles. The number of amides is 1. The fourth-order valence-corrected chi connectivity index (χ4v) is 5.36. The molecule has 2 atom stereocenters. The molecular formula is C14H8Cl4F3N3O3S. The van der Waals surface area contributed by atoms with Gasteiger partial charge >= 0.3 is 6.18 Å². The monoisotopic (exact) mass is 495 g/mol. The molecule has 0 radical (unpaired) electrons. The van der Waals surface area contributed by atoms with Crippen molar-refractivity contribution >= 4 is 62.3 Å². The van der Waals surface area contributed by atoms with Crippen LogP contribution in [-0.2, 0) is 10.0 Å². The van der Waals surface area contributed by atoms with E-state index in [0.29, 0.717) is 0 Å². The Hall–Kier alpha value is -1.20. The summed E-state index contributed by atoms with van der Waals surface area (Å²) in [5, 5.41) is -1.47. The zero-order valence-corrected chi connectivity index (χ0v) is 17.1. The third-order valence-electron chi connectivity index (χ3n) is 3.95. The fourth-order valence-electron chi connectivity index (χ4n) is 2.59. The van der Waals surface area contributed by atoms with Crippen molar-refractivity contribution in [2.45, 2.75) is 23.5 Å². The SMILES string of the molecule is O=C(NS(=O)(=O)c1c(Cl)cccc1Cl)c1nc(Cl)n(C2CC2C(F)(F)F)c1Cl. The lowest BCUT2D eigenvalue weighted by Gasteiger charge is -2.10. The van der Waals surface area contributed by atoms with Crippen LogP contribution in [0.4, 0.5) is 13.2 Å². The lowest BCUT2D eigenvalue weighted by Crippen LogP contribution is -2.31. The van der Waals surface area contributed by atoms with E-state index >= 15 is 0 Å². The molecule has 0 spiro atoms. The predicted molar refractivity (Wildman–Crippen MR) is 96.6 cm³/mol. The van der Waals surface area contributed by atoms with Crippen LogP contribution in [0.5, 0.6) is 0 Å². The van der Waals surface area contributed by atoms with E-state index in [1.165, 1.54) is 18.2 Å². The van der Waals surface area contributed by atoms with Gasteiger partial charge in [-0.15, -0.1) is 0 Å². The minimum absolute atomic E-state index is 0.242. The van der Waals surface area contributed by atoms with Gasteiger partial charge in [-0.3, -0.25) is 4.79 Å². The van der Waals surface area contributed by atoms with Crippen molar-refractivity contribution in [2.75, 3.05) is 0 Å². The van der Waals surface area contributed by atoms with Crippen molar-refractivity contribution in [3.63, 3.8) is 0 Å². The van der Waals surface area contributed by atoms with Gasteiger partial charge in [-0.2, -0.15) is 13.2 Å². The minimum Gasteiger partial charge on any atom is -0.301 e. The van der Waals surface area contributed by atoms with Crippen LogP contribution < -0.4 is 4.72 Å². The maximum absolute atomic E-state index is 12.8. The Labute approximate surface area is 176 Å². The maximum Gasteiger partial charge on any atom is 0.393 e.